The van der Waals surface area contributed by atoms with Crippen LogP contribution in [0.5, 0.6) is 0 Å². The Balaban J connectivity index is 1.94. The topological polar surface area (TPSA) is 85.5 Å². The first-order valence-electron chi connectivity index (χ1n) is 6.71. The third-order valence-corrected chi connectivity index (χ3v) is 3.30. The molecule has 6 nitrogen and oxygen atoms in total. The Bertz CT molecular complexity index is 526. The first kappa shape index (κ1) is 14.3. The monoisotopic (exact) mass is 277 g/mol. The van der Waals surface area contributed by atoms with Gasteiger partial charge in [0.05, 0.1) is 23.1 Å². The van der Waals surface area contributed by atoms with Crippen LogP contribution in [0.1, 0.15) is 35.8 Å². The lowest BCUT2D eigenvalue weighted by Crippen LogP contribution is -2.36. The molecule has 1 heterocycles. The number of rotatable bonds is 5. The first-order valence-corrected chi connectivity index (χ1v) is 6.71. The van der Waals surface area contributed by atoms with Crippen molar-refractivity contribution in [2.45, 2.75) is 32.7 Å². The van der Waals surface area contributed by atoms with Crippen LogP contribution >= 0.6 is 0 Å². The molecule has 0 saturated heterocycles. The number of nitrogens with two attached hydrogens (primary N) is 1. The van der Waals surface area contributed by atoms with Gasteiger partial charge >= 0.3 is 5.97 Å². The van der Waals surface area contributed by atoms with E-state index in [1.165, 1.54) is 12.3 Å². The highest BCUT2D eigenvalue weighted by Gasteiger charge is 2.31. The predicted octanol–water partition coefficient (Wildman–Crippen LogP) is 1.14. The van der Waals surface area contributed by atoms with E-state index in [1.807, 2.05) is 6.92 Å². The van der Waals surface area contributed by atoms with Gasteiger partial charge in [-0.1, -0.05) is 0 Å². The maximum Gasteiger partial charge on any atom is 0.340 e. The van der Waals surface area contributed by atoms with E-state index in [2.05, 4.69) is 4.98 Å². The molecule has 1 amide bonds. The number of likely N-dealkylation sites (N-methyl/N-ethyl adjacent to an activating group) is 1. The van der Waals surface area contributed by atoms with Gasteiger partial charge in [-0.2, -0.15) is 0 Å². The average molecular weight is 277 g/mol. The number of aryl methyl sites for hydroxylation is 1. The minimum atomic E-state index is -0.567. The number of nitrogens with zero attached hydrogens (tertiary/aromatic N) is 2. The molecule has 0 bridgehead atoms. The fraction of sp³-hybridized carbons (Fsp3) is 0.500. The molecule has 0 unspecified atom stereocenters. The average Bonchev–Trinajstić information content (AvgIpc) is 3.24. The standard InChI is InChI=1S/C14H19N3O3/c1-3-17(11-4-5-11)13(18)8-20-14(19)12-6-10(15)7-16-9(12)2/h6-7,11H,3-5,8,15H2,1-2H3. The van der Waals surface area contributed by atoms with Crippen molar-refractivity contribution in [1.29, 1.82) is 0 Å². The largest absolute Gasteiger partial charge is 0.452 e. The zero-order chi connectivity index (χ0) is 14.7. The van der Waals surface area contributed by atoms with Gasteiger partial charge in [0.2, 0.25) is 0 Å². The number of ether oxygens (including phenoxy) is 1. The van der Waals surface area contributed by atoms with E-state index in [0.29, 0.717) is 29.5 Å². The molecule has 1 aliphatic carbocycles. The van der Waals surface area contributed by atoms with E-state index < -0.39 is 5.97 Å². The van der Waals surface area contributed by atoms with Crippen molar-refractivity contribution in [3.05, 3.63) is 23.5 Å². The van der Waals surface area contributed by atoms with Gasteiger partial charge in [-0.3, -0.25) is 9.78 Å². The van der Waals surface area contributed by atoms with Gasteiger partial charge in [0, 0.05) is 12.6 Å². The Morgan fingerprint density at radius 2 is 2.20 bits per heavy atom. The van der Waals surface area contributed by atoms with Crippen molar-refractivity contribution in [3.8, 4) is 0 Å². The Morgan fingerprint density at radius 1 is 1.50 bits per heavy atom. The zero-order valence-electron chi connectivity index (χ0n) is 11.8. The van der Waals surface area contributed by atoms with Crippen LogP contribution in [0.25, 0.3) is 0 Å². The summed E-state index contributed by atoms with van der Waals surface area (Å²) < 4.78 is 5.06. The molecule has 1 aromatic rings. The molecule has 0 aromatic carbocycles. The molecular formula is C14H19N3O3. The summed E-state index contributed by atoms with van der Waals surface area (Å²) in [7, 11) is 0. The molecule has 0 atom stereocenters. The summed E-state index contributed by atoms with van der Waals surface area (Å²) in [4.78, 5) is 29.6. The summed E-state index contributed by atoms with van der Waals surface area (Å²) in [5.41, 5.74) is 6.82. The number of nitrogen functional groups attached to an aromatic ring is 1. The molecule has 2 rings (SSSR count). The highest BCUT2D eigenvalue weighted by atomic mass is 16.5. The molecule has 1 aromatic heterocycles. The number of aromatic nitrogens is 1. The van der Waals surface area contributed by atoms with Crippen molar-refractivity contribution in [2.24, 2.45) is 0 Å². The lowest BCUT2D eigenvalue weighted by atomic mass is 10.2. The molecule has 6 heteroatoms. The van der Waals surface area contributed by atoms with E-state index in [1.54, 1.807) is 11.8 Å². The van der Waals surface area contributed by atoms with Crippen molar-refractivity contribution in [2.75, 3.05) is 18.9 Å². The summed E-state index contributed by atoms with van der Waals surface area (Å²) in [5, 5.41) is 0. The first-order chi connectivity index (χ1) is 9.52. The number of pyridine rings is 1. The van der Waals surface area contributed by atoms with Gasteiger partial charge in [-0.15, -0.1) is 0 Å². The third-order valence-electron chi connectivity index (χ3n) is 3.30. The molecule has 0 aliphatic heterocycles. The van der Waals surface area contributed by atoms with Gasteiger partial charge in [-0.25, -0.2) is 4.79 Å². The predicted molar refractivity (Wildman–Crippen MR) is 74.1 cm³/mol. The minimum absolute atomic E-state index is 0.155. The fourth-order valence-electron chi connectivity index (χ4n) is 2.07. The van der Waals surface area contributed by atoms with Gasteiger partial charge in [0.25, 0.3) is 5.91 Å². The van der Waals surface area contributed by atoms with Crippen LogP contribution < -0.4 is 5.73 Å². The van der Waals surface area contributed by atoms with E-state index in [0.717, 1.165) is 12.8 Å². The second-order valence-electron chi connectivity index (χ2n) is 4.89. The van der Waals surface area contributed by atoms with Crippen molar-refractivity contribution in [3.63, 3.8) is 0 Å². The van der Waals surface area contributed by atoms with Gasteiger partial charge in [0.15, 0.2) is 6.61 Å². The van der Waals surface area contributed by atoms with Crippen LogP contribution in [0.2, 0.25) is 0 Å². The molecule has 1 aliphatic rings. The number of hydrogen-bond donors (Lipinski definition) is 1. The van der Waals surface area contributed by atoms with Gasteiger partial charge < -0.3 is 15.4 Å². The number of carbonyl (C=O) groups is 2. The van der Waals surface area contributed by atoms with E-state index >= 15 is 0 Å². The smallest absolute Gasteiger partial charge is 0.340 e. The van der Waals surface area contributed by atoms with Crippen LogP contribution in [0.4, 0.5) is 5.69 Å². The molecule has 0 radical (unpaired) electrons. The minimum Gasteiger partial charge on any atom is -0.452 e. The van der Waals surface area contributed by atoms with Crippen LogP contribution in [0.3, 0.4) is 0 Å². The molecular weight excluding hydrogens is 258 g/mol. The second kappa shape index (κ2) is 5.90. The molecule has 108 valence electrons. The van der Waals surface area contributed by atoms with Crippen LogP contribution in [0.15, 0.2) is 12.3 Å². The third kappa shape index (κ3) is 3.26. The zero-order valence-corrected chi connectivity index (χ0v) is 11.8. The Morgan fingerprint density at radius 3 is 2.80 bits per heavy atom. The summed E-state index contributed by atoms with van der Waals surface area (Å²) in [6.45, 7) is 4.02. The summed E-state index contributed by atoms with van der Waals surface area (Å²) >= 11 is 0. The molecule has 0 spiro atoms. The molecule has 1 fully saturated rings. The maximum absolute atomic E-state index is 12.0. The lowest BCUT2D eigenvalue weighted by Gasteiger charge is -2.20. The number of hydrogen-bond acceptors (Lipinski definition) is 5. The summed E-state index contributed by atoms with van der Waals surface area (Å²) in [6.07, 6.45) is 3.54. The molecule has 20 heavy (non-hydrogen) atoms. The Labute approximate surface area is 117 Å². The Kier molecular flexibility index (Phi) is 4.22. The SMILES string of the molecule is CCN(C(=O)COC(=O)c1cc(N)cnc1C)C1CC1. The van der Waals surface area contributed by atoms with E-state index in [9.17, 15) is 9.59 Å². The van der Waals surface area contributed by atoms with Crippen molar-refractivity contribution >= 4 is 17.6 Å². The van der Waals surface area contributed by atoms with Crippen LogP contribution in [-0.4, -0.2) is 41.0 Å². The second-order valence-corrected chi connectivity index (χ2v) is 4.89. The molecule has 1 saturated carbocycles. The lowest BCUT2D eigenvalue weighted by molar-refractivity contribution is -0.134. The number of anilines is 1. The summed E-state index contributed by atoms with van der Waals surface area (Å²) in [6, 6.07) is 1.83. The van der Waals surface area contributed by atoms with E-state index in [4.69, 9.17) is 10.5 Å². The highest BCUT2D eigenvalue weighted by Crippen LogP contribution is 2.26. The number of amides is 1. The highest BCUT2D eigenvalue weighted by molar-refractivity contribution is 5.93. The molecule has 2 N–H and O–H groups in total. The maximum atomic E-state index is 12.0. The summed E-state index contributed by atoms with van der Waals surface area (Å²) in [5.74, 6) is -0.722. The number of carbonyl (C=O) groups excluding carboxylic acids is 2. The Hall–Kier alpha value is -2.11. The quantitative estimate of drug-likeness (QED) is 0.816. The van der Waals surface area contributed by atoms with Crippen LogP contribution in [-0.2, 0) is 9.53 Å². The van der Waals surface area contributed by atoms with Crippen LogP contribution in [0, 0.1) is 6.92 Å². The van der Waals surface area contributed by atoms with Gasteiger partial charge in [-0.05, 0) is 32.8 Å². The van der Waals surface area contributed by atoms with Crippen molar-refractivity contribution in [1.82, 2.24) is 9.88 Å². The van der Waals surface area contributed by atoms with Gasteiger partial charge in [0.1, 0.15) is 0 Å². The normalized spacial score (nSPS) is 13.9. The number of esters is 1. The van der Waals surface area contributed by atoms with E-state index in [-0.39, 0.29) is 12.5 Å². The van der Waals surface area contributed by atoms with Crippen molar-refractivity contribution < 1.29 is 14.3 Å². The fourth-order valence-corrected chi connectivity index (χ4v) is 2.07.